The van der Waals surface area contributed by atoms with Gasteiger partial charge in [0.2, 0.25) is 0 Å². The quantitative estimate of drug-likeness (QED) is 0.664. The summed E-state index contributed by atoms with van der Waals surface area (Å²) in [6.07, 6.45) is 5.09. The van der Waals surface area contributed by atoms with Crippen molar-refractivity contribution in [3.05, 3.63) is 42.5 Å². The van der Waals surface area contributed by atoms with Crippen molar-refractivity contribution in [3.8, 4) is 0 Å². The molecular weight excluding hydrogens is 304 g/mol. The Morgan fingerprint density at radius 3 is 3.11 bits per heavy atom. The first-order valence-corrected chi connectivity index (χ1v) is 7.53. The van der Waals surface area contributed by atoms with Crippen molar-refractivity contribution in [1.29, 1.82) is 0 Å². The van der Waals surface area contributed by atoms with Gasteiger partial charge in [-0.05, 0) is 25.3 Å². The summed E-state index contributed by atoms with van der Waals surface area (Å²) < 4.78 is 6.22. The summed E-state index contributed by atoms with van der Waals surface area (Å²) in [5, 5.41) is 3.26. The van der Waals surface area contributed by atoms with Crippen LogP contribution < -0.4 is 5.32 Å². The minimum absolute atomic E-state index is 0.276. The van der Waals surface area contributed by atoms with Crippen LogP contribution in [0.3, 0.4) is 0 Å². The Morgan fingerprint density at radius 2 is 2.37 bits per heavy atom. The van der Waals surface area contributed by atoms with Gasteiger partial charge in [-0.2, -0.15) is 0 Å². The topological polar surface area (TPSA) is 33.6 Å². The number of halogens is 1. The van der Waals surface area contributed by atoms with Gasteiger partial charge in [0, 0.05) is 11.3 Å². The molecule has 0 radical (unpaired) electrons. The monoisotopic (exact) mass is 320 g/mol. The first-order chi connectivity index (χ1) is 9.26. The summed E-state index contributed by atoms with van der Waals surface area (Å²) in [6.45, 7) is 4.26. The van der Waals surface area contributed by atoms with Crippen molar-refractivity contribution in [2.24, 2.45) is 4.99 Å². The number of anilines is 1. The van der Waals surface area contributed by atoms with Crippen LogP contribution in [0.2, 0.25) is 0 Å². The largest absolute Gasteiger partial charge is 0.452 e. The van der Waals surface area contributed by atoms with Gasteiger partial charge in [0.25, 0.3) is 6.02 Å². The Hall–Kier alpha value is -1.29. The summed E-state index contributed by atoms with van der Waals surface area (Å²) >= 11 is 3.79. The number of hydrogen-bond donors (Lipinski definition) is 1. The van der Waals surface area contributed by atoms with Crippen LogP contribution in [0.15, 0.2) is 41.9 Å². The molecule has 19 heavy (non-hydrogen) atoms. The summed E-state index contributed by atoms with van der Waals surface area (Å²) in [5.41, 5.74) is 2.05. The van der Waals surface area contributed by atoms with E-state index in [1.165, 1.54) is 12.0 Å². The molecule has 2 aliphatic rings. The lowest BCUT2D eigenvalue weighted by atomic mass is 9.89. The molecule has 4 heteroatoms. The Kier molecular flexibility index (Phi) is 3.35. The van der Waals surface area contributed by atoms with E-state index in [1.807, 2.05) is 6.07 Å². The van der Waals surface area contributed by atoms with Gasteiger partial charge in [0.1, 0.15) is 0 Å². The van der Waals surface area contributed by atoms with Crippen LogP contribution >= 0.6 is 15.9 Å². The highest BCUT2D eigenvalue weighted by molar-refractivity contribution is 9.09. The van der Waals surface area contributed by atoms with Gasteiger partial charge >= 0.3 is 0 Å². The fourth-order valence-corrected chi connectivity index (χ4v) is 3.79. The van der Waals surface area contributed by atoms with Gasteiger partial charge < -0.3 is 10.1 Å². The molecule has 3 nitrogen and oxygen atoms in total. The molecule has 0 bridgehead atoms. The maximum absolute atomic E-state index is 6.22. The zero-order chi connectivity index (χ0) is 13.3. The average molecular weight is 321 g/mol. The van der Waals surface area contributed by atoms with Crippen molar-refractivity contribution in [3.63, 3.8) is 0 Å². The predicted octanol–water partition coefficient (Wildman–Crippen LogP) is 3.81. The normalized spacial score (nSPS) is 30.8. The predicted molar refractivity (Wildman–Crippen MR) is 81.9 cm³/mol. The first kappa shape index (κ1) is 12.7. The third kappa shape index (κ3) is 2.08. The second-order valence-electron chi connectivity index (χ2n) is 4.96. The van der Waals surface area contributed by atoms with Crippen molar-refractivity contribution in [2.45, 2.75) is 29.7 Å². The standard InChI is InChI=1S/C15H17BrN2O/c1-2-10-17-14-18-12-7-4-3-6-11(12)15(19-14)9-5-8-13(15)16/h2-4,6-7,13H,1,5,8-10H2,(H,17,18). The fraction of sp³-hybridized carbons (Fsp3) is 0.400. The molecule has 3 rings (SSSR count). The average Bonchev–Trinajstić information content (AvgIpc) is 2.78. The first-order valence-electron chi connectivity index (χ1n) is 6.61. The summed E-state index contributed by atoms with van der Waals surface area (Å²) in [5.74, 6) is 0. The Labute approximate surface area is 121 Å². The number of fused-ring (bicyclic) bond motifs is 2. The molecule has 2 atom stereocenters. The third-order valence-corrected chi connectivity index (χ3v) is 4.98. The molecule has 1 spiro atoms. The molecule has 1 saturated carbocycles. The van der Waals surface area contributed by atoms with E-state index in [1.54, 1.807) is 6.08 Å². The molecule has 0 amide bonds. The number of ether oxygens (including phenoxy) is 1. The number of amidine groups is 1. The van der Waals surface area contributed by atoms with Gasteiger partial charge in [0.15, 0.2) is 5.60 Å². The van der Waals surface area contributed by atoms with Crippen LogP contribution in [-0.4, -0.2) is 17.4 Å². The SMILES string of the molecule is C=CCN=C1Nc2ccccc2C2(CCCC2Br)O1. The number of rotatable bonds is 2. The molecular formula is C15H17BrN2O. The number of benzene rings is 1. The van der Waals surface area contributed by atoms with Crippen LogP contribution in [-0.2, 0) is 10.3 Å². The minimum Gasteiger partial charge on any atom is -0.452 e. The summed E-state index contributed by atoms with van der Waals surface area (Å²) in [7, 11) is 0. The number of alkyl halides is 1. The van der Waals surface area contributed by atoms with Crippen molar-refractivity contribution in [2.75, 3.05) is 11.9 Å². The second-order valence-corrected chi connectivity index (χ2v) is 6.06. The van der Waals surface area contributed by atoms with Crippen LogP contribution in [0.4, 0.5) is 5.69 Å². The lowest BCUT2D eigenvalue weighted by molar-refractivity contribution is 0.0626. The molecule has 1 aromatic carbocycles. The Morgan fingerprint density at radius 1 is 1.53 bits per heavy atom. The number of para-hydroxylation sites is 1. The highest BCUT2D eigenvalue weighted by atomic mass is 79.9. The van der Waals surface area contributed by atoms with E-state index in [2.05, 4.69) is 51.0 Å². The van der Waals surface area contributed by atoms with Gasteiger partial charge in [-0.3, -0.25) is 0 Å². The van der Waals surface area contributed by atoms with E-state index >= 15 is 0 Å². The lowest BCUT2D eigenvalue weighted by Crippen LogP contribution is -2.43. The third-order valence-electron chi connectivity index (χ3n) is 3.78. The lowest BCUT2D eigenvalue weighted by Gasteiger charge is -2.39. The smallest absolute Gasteiger partial charge is 0.290 e. The maximum Gasteiger partial charge on any atom is 0.290 e. The van der Waals surface area contributed by atoms with E-state index in [9.17, 15) is 0 Å². The second kappa shape index (κ2) is 5.00. The molecule has 1 aliphatic heterocycles. The highest BCUT2D eigenvalue weighted by Crippen LogP contribution is 2.50. The van der Waals surface area contributed by atoms with Gasteiger partial charge in [-0.25, -0.2) is 4.99 Å². The van der Waals surface area contributed by atoms with Gasteiger partial charge in [0.05, 0.1) is 11.4 Å². The van der Waals surface area contributed by atoms with Crippen LogP contribution in [0.1, 0.15) is 24.8 Å². The Balaban J connectivity index is 2.06. The number of nitrogens with zero attached hydrogens (tertiary/aromatic N) is 1. The highest BCUT2D eigenvalue weighted by Gasteiger charge is 2.49. The van der Waals surface area contributed by atoms with Crippen LogP contribution in [0, 0.1) is 0 Å². The molecule has 1 heterocycles. The fourth-order valence-electron chi connectivity index (χ4n) is 2.90. The molecule has 1 fully saturated rings. The number of hydrogen-bond acceptors (Lipinski definition) is 2. The van der Waals surface area contributed by atoms with E-state index in [4.69, 9.17) is 4.74 Å². The maximum atomic E-state index is 6.22. The molecule has 1 aliphatic carbocycles. The van der Waals surface area contributed by atoms with Gasteiger partial charge in [-0.1, -0.05) is 40.2 Å². The molecule has 1 aromatic rings. The summed E-state index contributed by atoms with van der Waals surface area (Å²) in [6, 6.07) is 8.93. The molecule has 0 aromatic heterocycles. The number of aliphatic imine (C=N–C) groups is 1. The zero-order valence-electron chi connectivity index (χ0n) is 10.7. The van der Waals surface area contributed by atoms with E-state index in [0.717, 1.165) is 18.5 Å². The Bertz CT molecular complexity index is 529. The zero-order valence-corrected chi connectivity index (χ0v) is 12.3. The molecule has 0 saturated heterocycles. The van der Waals surface area contributed by atoms with Crippen LogP contribution in [0.5, 0.6) is 0 Å². The van der Waals surface area contributed by atoms with Crippen LogP contribution in [0.25, 0.3) is 0 Å². The van der Waals surface area contributed by atoms with Crippen molar-refractivity contribution >= 4 is 27.6 Å². The molecule has 100 valence electrons. The van der Waals surface area contributed by atoms with Crippen molar-refractivity contribution in [1.82, 2.24) is 0 Å². The van der Waals surface area contributed by atoms with E-state index < -0.39 is 0 Å². The molecule has 1 N–H and O–H groups in total. The minimum atomic E-state index is -0.276. The van der Waals surface area contributed by atoms with Gasteiger partial charge in [-0.15, -0.1) is 6.58 Å². The van der Waals surface area contributed by atoms with E-state index in [-0.39, 0.29) is 5.60 Å². The number of nitrogens with one attached hydrogen (secondary N) is 1. The summed E-state index contributed by atoms with van der Waals surface area (Å²) in [4.78, 5) is 4.73. The van der Waals surface area contributed by atoms with E-state index in [0.29, 0.717) is 17.4 Å². The molecule has 2 unspecified atom stereocenters. The van der Waals surface area contributed by atoms with Crippen molar-refractivity contribution < 1.29 is 4.74 Å².